The van der Waals surface area contributed by atoms with E-state index in [0.29, 0.717) is 0 Å². The standard InChI is InChI=1S/C12H20ClNS/c1-4-9(5-2)6-10(14)12-11(13)8(3)7-15-12/h7,9-10H,4-6,14H2,1-3H3. The van der Waals surface area contributed by atoms with Crippen molar-refractivity contribution in [3.05, 3.63) is 20.8 Å². The molecule has 0 bridgehead atoms. The quantitative estimate of drug-likeness (QED) is 0.810. The minimum absolute atomic E-state index is 0.112. The molecule has 1 rings (SSSR count). The molecule has 0 saturated heterocycles. The van der Waals surface area contributed by atoms with Crippen molar-refractivity contribution in [2.24, 2.45) is 11.7 Å². The molecule has 0 amide bonds. The summed E-state index contributed by atoms with van der Waals surface area (Å²) in [5.41, 5.74) is 7.34. The van der Waals surface area contributed by atoms with Crippen LogP contribution in [0.5, 0.6) is 0 Å². The van der Waals surface area contributed by atoms with Crippen molar-refractivity contribution in [3.8, 4) is 0 Å². The van der Waals surface area contributed by atoms with E-state index in [9.17, 15) is 0 Å². The SMILES string of the molecule is CCC(CC)CC(N)c1scc(C)c1Cl. The Balaban J connectivity index is 2.68. The number of thiophene rings is 1. The van der Waals surface area contributed by atoms with E-state index in [1.54, 1.807) is 11.3 Å². The maximum absolute atomic E-state index is 6.20. The Morgan fingerprint density at radius 2 is 2.00 bits per heavy atom. The lowest BCUT2D eigenvalue weighted by atomic mass is 9.94. The predicted octanol–water partition coefficient (Wildman–Crippen LogP) is 4.54. The van der Waals surface area contributed by atoms with Crippen molar-refractivity contribution in [1.29, 1.82) is 0 Å². The van der Waals surface area contributed by atoms with E-state index >= 15 is 0 Å². The number of rotatable bonds is 5. The van der Waals surface area contributed by atoms with Crippen molar-refractivity contribution in [2.75, 3.05) is 0 Å². The highest BCUT2D eigenvalue weighted by molar-refractivity contribution is 7.10. The molecule has 86 valence electrons. The minimum atomic E-state index is 0.112. The first-order valence-electron chi connectivity index (χ1n) is 5.59. The molecule has 0 aliphatic heterocycles. The van der Waals surface area contributed by atoms with Gasteiger partial charge in [-0.05, 0) is 30.2 Å². The zero-order chi connectivity index (χ0) is 11.4. The highest BCUT2D eigenvalue weighted by Crippen LogP contribution is 2.34. The third-order valence-electron chi connectivity index (χ3n) is 3.00. The molecular formula is C12H20ClNS. The zero-order valence-electron chi connectivity index (χ0n) is 9.72. The van der Waals surface area contributed by atoms with Gasteiger partial charge in [-0.1, -0.05) is 38.3 Å². The Morgan fingerprint density at radius 3 is 2.40 bits per heavy atom. The molecule has 0 saturated carbocycles. The van der Waals surface area contributed by atoms with Gasteiger partial charge in [-0.25, -0.2) is 0 Å². The van der Waals surface area contributed by atoms with Crippen LogP contribution in [-0.2, 0) is 0 Å². The number of hydrogen-bond acceptors (Lipinski definition) is 2. The summed E-state index contributed by atoms with van der Waals surface area (Å²) < 4.78 is 0. The average Bonchev–Trinajstić information content (AvgIpc) is 2.56. The minimum Gasteiger partial charge on any atom is -0.323 e. The van der Waals surface area contributed by atoms with Gasteiger partial charge in [-0.3, -0.25) is 0 Å². The lowest BCUT2D eigenvalue weighted by Crippen LogP contribution is -2.14. The Labute approximate surface area is 102 Å². The highest BCUT2D eigenvalue weighted by Gasteiger charge is 2.17. The Hall–Kier alpha value is -0.0500. The lowest BCUT2D eigenvalue weighted by molar-refractivity contribution is 0.417. The molecule has 3 heteroatoms. The summed E-state index contributed by atoms with van der Waals surface area (Å²) in [7, 11) is 0. The van der Waals surface area contributed by atoms with Gasteiger partial charge >= 0.3 is 0 Å². The molecule has 1 atom stereocenters. The van der Waals surface area contributed by atoms with Crippen LogP contribution in [0.15, 0.2) is 5.38 Å². The van der Waals surface area contributed by atoms with Gasteiger partial charge in [0.05, 0.1) is 5.02 Å². The molecule has 1 aromatic rings. The number of aryl methyl sites for hydroxylation is 1. The van der Waals surface area contributed by atoms with Gasteiger partial charge in [-0.15, -0.1) is 11.3 Å². The van der Waals surface area contributed by atoms with Gasteiger partial charge < -0.3 is 5.73 Å². The topological polar surface area (TPSA) is 26.0 Å². The van der Waals surface area contributed by atoms with Crippen LogP contribution in [0.1, 0.15) is 49.6 Å². The summed E-state index contributed by atoms with van der Waals surface area (Å²) in [6.45, 7) is 6.48. The monoisotopic (exact) mass is 245 g/mol. The van der Waals surface area contributed by atoms with Crippen LogP contribution in [0.25, 0.3) is 0 Å². The second-order valence-corrected chi connectivity index (χ2v) is 5.41. The second-order valence-electron chi connectivity index (χ2n) is 4.12. The summed E-state index contributed by atoms with van der Waals surface area (Å²) in [5.74, 6) is 0.721. The Bertz CT molecular complexity index is 305. The van der Waals surface area contributed by atoms with E-state index in [4.69, 9.17) is 17.3 Å². The number of nitrogens with two attached hydrogens (primary N) is 1. The highest BCUT2D eigenvalue weighted by atomic mass is 35.5. The van der Waals surface area contributed by atoms with Crippen molar-refractivity contribution in [1.82, 2.24) is 0 Å². The molecule has 1 heterocycles. The number of halogens is 1. The molecule has 2 N–H and O–H groups in total. The van der Waals surface area contributed by atoms with Crippen LogP contribution in [0, 0.1) is 12.8 Å². The van der Waals surface area contributed by atoms with Gasteiger partial charge in [0.15, 0.2) is 0 Å². The van der Waals surface area contributed by atoms with Gasteiger partial charge in [-0.2, -0.15) is 0 Å². The summed E-state index contributed by atoms with van der Waals surface area (Å²) >= 11 is 7.89. The summed E-state index contributed by atoms with van der Waals surface area (Å²) in [6.07, 6.45) is 3.45. The van der Waals surface area contributed by atoms with Crippen LogP contribution in [-0.4, -0.2) is 0 Å². The molecule has 0 radical (unpaired) electrons. The maximum atomic E-state index is 6.20. The first-order chi connectivity index (χ1) is 7.10. The fraction of sp³-hybridized carbons (Fsp3) is 0.667. The average molecular weight is 246 g/mol. The molecule has 1 nitrogen and oxygen atoms in total. The third-order valence-corrected chi connectivity index (χ3v) is 4.85. The fourth-order valence-electron chi connectivity index (χ4n) is 1.79. The molecule has 0 fully saturated rings. The van der Waals surface area contributed by atoms with E-state index in [-0.39, 0.29) is 6.04 Å². The van der Waals surface area contributed by atoms with Crippen molar-refractivity contribution in [2.45, 2.75) is 46.1 Å². The number of hydrogen-bond donors (Lipinski definition) is 1. The summed E-state index contributed by atoms with van der Waals surface area (Å²) in [6, 6.07) is 0.112. The Morgan fingerprint density at radius 1 is 1.40 bits per heavy atom. The molecular weight excluding hydrogens is 226 g/mol. The van der Waals surface area contributed by atoms with Crippen LogP contribution in [0.2, 0.25) is 5.02 Å². The molecule has 0 aliphatic carbocycles. The fourth-order valence-corrected chi connectivity index (χ4v) is 3.14. The van der Waals surface area contributed by atoms with Crippen LogP contribution in [0.4, 0.5) is 0 Å². The van der Waals surface area contributed by atoms with Crippen LogP contribution >= 0.6 is 22.9 Å². The normalized spacial score (nSPS) is 13.5. The smallest absolute Gasteiger partial charge is 0.0590 e. The van der Waals surface area contributed by atoms with E-state index in [1.165, 1.54) is 12.8 Å². The van der Waals surface area contributed by atoms with Crippen LogP contribution < -0.4 is 5.73 Å². The zero-order valence-corrected chi connectivity index (χ0v) is 11.3. The lowest BCUT2D eigenvalue weighted by Gasteiger charge is -2.17. The van der Waals surface area contributed by atoms with Gasteiger partial charge in [0.1, 0.15) is 0 Å². The van der Waals surface area contributed by atoms with Crippen molar-refractivity contribution < 1.29 is 0 Å². The molecule has 0 aromatic carbocycles. The van der Waals surface area contributed by atoms with Gasteiger partial charge in [0.25, 0.3) is 0 Å². The predicted molar refractivity (Wildman–Crippen MR) is 69.7 cm³/mol. The molecule has 0 spiro atoms. The van der Waals surface area contributed by atoms with Crippen LogP contribution in [0.3, 0.4) is 0 Å². The van der Waals surface area contributed by atoms with E-state index in [0.717, 1.165) is 27.8 Å². The summed E-state index contributed by atoms with van der Waals surface area (Å²) in [5, 5.41) is 2.96. The second kappa shape index (κ2) is 5.88. The van der Waals surface area contributed by atoms with E-state index in [1.807, 2.05) is 6.92 Å². The molecule has 15 heavy (non-hydrogen) atoms. The molecule has 1 aromatic heterocycles. The van der Waals surface area contributed by atoms with Gasteiger partial charge in [0, 0.05) is 10.9 Å². The Kier molecular flexibility index (Phi) is 5.10. The third kappa shape index (κ3) is 3.20. The largest absolute Gasteiger partial charge is 0.323 e. The van der Waals surface area contributed by atoms with Crippen molar-refractivity contribution in [3.63, 3.8) is 0 Å². The van der Waals surface area contributed by atoms with E-state index < -0.39 is 0 Å². The van der Waals surface area contributed by atoms with Gasteiger partial charge in [0.2, 0.25) is 0 Å². The maximum Gasteiger partial charge on any atom is 0.0590 e. The first-order valence-corrected chi connectivity index (χ1v) is 6.84. The molecule has 1 unspecified atom stereocenters. The summed E-state index contributed by atoms with van der Waals surface area (Å²) in [4.78, 5) is 1.15. The molecule has 0 aliphatic rings. The van der Waals surface area contributed by atoms with Crippen molar-refractivity contribution >= 4 is 22.9 Å². The van der Waals surface area contributed by atoms with E-state index in [2.05, 4.69) is 19.2 Å². The first kappa shape index (κ1) is 13.0.